The molecule has 0 aromatic carbocycles. The van der Waals surface area contributed by atoms with Crippen LogP contribution < -0.4 is 5.32 Å². The molecule has 0 saturated carbocycles. The number of rotatable bonds is 3. The first kappa shape index (κ1) is 14.7. The van der Waals surface area contributed by atoms with E-state index in [1.54, 1.807) is 18.4 Å². The number of anilines is 1. The Kier molecular flexibility index (Phi) is 3.86. The third kappa shape index (κ3) is 2.31. The second-order valence-electron chi connectivity index (χ2n) is 5.42. The molecule has 0 radical (unpaired) electrons. The van der Waals surface area contributed by atoms with Crippen molar-refractivity contribution >= 4 is 27.4 Å². The minimum atomic E-state index is -0.427. The molecule has 1 aliphatic heterocycles. The fourth-order valence-corrected chi connectivity index (χ4v) is 3.88. The summed E-state index contributed by atoms with van der Waals surface area (Å²) in [5.41, 5.74) is 0.827. The van der Waals surface area contributed by atoms with Crippen molar-refractivity contribution in [2.75, 3.05) is 32.7 Å². The molecule has 1 aliphatic rings. The van der Waals surface area contributed by atoms with Crippen LogP contribution in [0.15, 0.2) is 0 Å². The number of fused-ring (bicyclic) bond motifs is 1. The molecule has 0 aliphatic carbocycles. The van der Waals surface area contributed by atoms with Crippen LogP contribution in [0.4, 0.5) is 5.82 Å². The summed E-state index contributed by atoms with van der Waals surface area (Å²) in [6.45, 7) is 5.62. The Balaban J connectivity index is 2.19. The van der Waals surface area contributed by atoms with Gasteiger partial charge in [-0.05, 0) is 19.4 Å². The van der Waals surface area contributed by atoms with Gasteiger partial charge in [-0.15, -0.1) is 11.3 Å². The molecule has 3 heterocycles. The highest BCUT2D eigenvalue weighted by Crippen LogP contribution is 2.38. The third-order valence-electron chi connectivity index (χ3n) is 4.36. The SMILES string of the molecule is CNc1nc(C2(OC)CCOCC2)nc2sc(C)c(C)c12. The zero-order valence-corrected chi connectivity index (χ0v) is 13.8. The average Bonchev–Trinajstić information content (AvgIpc) is 2.82. The van der Waals surface area contributed by atoms with Crippen LogP contribution in [0.2, 0.25) is 0 Å². The van der Waals surface area contributed by atoms with Crippen LogP contribution in [0.1, 0.15) is 29.1 Å². The number of nitrogens with zero attached hydrogens (tertiary/aromatic N) is 2. The van der Waals surface area contributed by atoms with Gasteiger partial charge in [0.2, 0.25) is 0 Å². The first-order chi connectivity index (χ1) is 10.1. The molecule has 0 bridgehead atoms. The van der Waals surface area contributed by atoms with Gasteiger partial charge in [0.05, 0.1) is 5.39 Å². The number of aryl methyl sites for hydroxylation is 2. The Morgan fingerprint density at radius 3 is 2.57 bits per heavy atom. The number of ether oxygens (including phenoxy) is 2. The molecule has 1 N–H and O–H groups in total. The van der Waals surface area contributed by atoms with Gasteiger partial charge in [0.25, 0.3) is 0 Å². The van der Waals surface area contributed by atoms with Crippen LogP contribution in [0.25, 0.3) is 10.2 Å². The van der Waals surface area contributed by atoms with Gasteiger partial charge in [0.1, 0.15) is 16.2 Å². The summed E-state index contributed by atoms with van der Waals surface area (Å²) in [5.74, 6) is 1.66. The monoisotopic (exact) mass is 307 g/mol. The van der Waals surface area contributed by atoms with E-state index < -0.39 is 5.60 Å². The van der Waals surface area contributed by atoms with Gasteiger partial charge in [-0.2, -0.15) is 0 Å². The van der Waals surface area contributed by atoms with Crippen molar-refractivity contribution < 1.29 is 9.47 Å². The lowest BCUT2D eigenvalue weighted by atomic mass is 9.93. The second-order valence-corrected chi connectivity index (χ2v) is 6.62. The summed E-state index contributed by atoms with van der Waals surface area (Å²) in [7, 11) is 3.64. The van der Waals surface area contributed by atoms with Gasteiger partial charge >= 0.3 is 0 Å². The highest BCUT2D eigenvalue weighted by atomic mass is 32.1. The van der Waals surface area contributed by atoms with Crippen molar-refractivity contribution in [2.24, 2.45) is 0 Å². The summed E-state index contributed by atoms with van der Waals surface area (Å²) in [6, 6.07) is 0. The van der Waals surface area contributed by atoms with E-state index in [9.17, 15) is 0 Å². The van der Waals surface area contributed by atoms with E-state index >= 15 is 0 Å². The van der Waals surface area contributed by atoms with Gasteiger partial charge in [0, 0.05) is 45.1 Å². The third-order valence-corrected chi connectivity index (χ3v) is 5.47. The molecule has 6 heteroatoms. The molecule has 5 nitrogen and oxygen atoms in total. The number of thiophene rings is 1. The van der Waals surface area contributed by atoms with Crippen LogP contribution >= 0.6 is 11.3 Å². The molecule has 114 valence electrons. The molecule has 0 atom stereocenters. The van der Waals surface area contributed by atoms with Crippen LogP contribution in [0, 0.1) is 13.8 Å². The standard InChI is InChI=1S/C15H21N3O2S/c1-9-10(2)21-13-11(9)12(16-3)17-14(18-13)15(19-4)5-7-20-8-6-15/h5-8H2,1-4H3,(H,16,17,18). The van der Waals surface area contributed by atoms with Gasteiger partial charge < -0.3 is 14.8 Å². The van der Waals surface area contributed by atoms with Crippen molar-refractivity contribution in [1.82, 2.24) is 9.97 Å². The highest BCUT2D eigenvalue weighted by molar-refractivity contribution is 7.18. The smallest absolute Gasteiger partial charge is 0.164 e. The van der Waals surface area contributed by atoms with Crippen molar-refractivity contribution in [3.63, 3.8) is 0 Å². The second kappa shape index (κ2) is 5.51. The lowest BCUT2D eigenvalue weighted by Crippen LogP contribution is -2.37. The van der Waals surface area contributed by atoms with E-state index in [2.05, 4.69) is 19.2 Å². The highest BCUT2D eigenvalue weighted by Gasteiger charge is 2.38. The fourth-order valence-electron chi connectivity index (χ4n) is 2.85. The maximum Gasteiger partial charge on any atom is 0.164 e. The quantitative estimate of drug-likeness (QED) is 0.944. The zero-order chi connectivity index (χ0) is 15.0. The fraction of sp³-hybridized carbons (Fsp3) is 0.600. The predicted molar refractivity (Wildman–Crippen MR) is 85.2 cm³/mol. The lowest BCUT2D eigenvalue weighted by molar-refractivity contribution is -0.0997. The van der Waals surface area contributed by atoms with Gasteiger partial charge in [-0.3, -0.25) is 0 Å². The molecule has 0 amide bonds. The first-order valence-corrected chi connectivity index (χ1v) is 8.02. The Hall–Kier alpha value is -1.24. The first-order valence-electron chi connectivity index (χ1n) is 7.20. The minimum absolute atomic E-state index is 0.427. The summed E-state index contributed by atoms with van der Waals surface area (Å²) in [5, 5.41) is 4.34. The molecule has 21 heavy (non-hydrogen) atoms. The van der Waals surface area contributed by atoms with Crippen LogP contribution in [0.3, 0.4) is 0 Å². The minimum Gasteiger partial charge on any atom is -0.381 e. The molecule has 1 saturated heterocycles. The van der Waals surface area contributed by atoms with E-state index in [1.807, 2.05) is 7.05 Å². The van der Waals surface area contributed by atoms with E-state index in [0.29, 0.717) is 13.2 Å². The van der Waals surface area contributed by atoms with Crippen molar-refractivity contribution in [3.05, 3.63) is 16.3 Å². The maximum absolute atomic E-state index is 5.82. The molecule has 1 fully saturated rings. The van der Waals surface area contributed by atoms with Gasteiger partial charge in [0.15, 0.2) is 5.82 Å². The number of nitrogens with one attached hydrogen (secondary N) is 1. The molecule has 2 aromatic heterocycles. The molecule has 0 unspecified atom stereocenters. The summed E-state index contributed by atoms with van der Waals surface area (Å²) in [6.07, 6.45) is 1.59. The maximum atomic E-state index is 5.82. The molecule has 0 spiro atoms. The number of aromatic nitrogens is 2. The zero-order valence-electron chi connectivity index (χ0n) is 12.9. The summed E-state index contributed by atoms with van der Waals surface area (Å²) >= 11 is 1.72. The topological polar surface area (TPSA) is 56.3 Å². The number of methoxy groups -OCH3 is 1. The van der Waals surface area contributed by atoms with E-state index in [0.717, 1.165) is 34.7 Å². The van der Waals surface area contributed by atoms with E-state index in [1.165, 1.54) is 10.4 Å². The predicted octanol–water partition coefficient (Wildman–Crippen LogP) is 3.00. The molecule has 2 aromatic rings. The largest absolute Gasteiger partial charge is 0.381 e. The van der Waals surface area contributed by atoms with Gasteiger partial charge in [-0.25, -0.2) is 9.97 Å². The summed E-state index contributed by atoms with van der Waals surface area (Å²) < 4.78 is 11.3. The van der Waals surface area contributed by atoms with Crippen LogP contribution in [-0.4, -0.2) is 37.3 Å². The van der Waals surface area contributed by atoms with Crippen molar-refractivity contribution in [3.8, 4) is 0 Å². The Morgan fingerprint density at radius 2 is 1.95 bits per heavy atom. The molecular weight excluding hydrogens is 286 g/mol. The van der Waals surface area contributed by atoms with Crippen LogP contribution in [-0.2, 0) is 15.1 Å². The van der Waals surface area contributed by atoms with E-state index in [4.69, 9.17) is 19.4 Å². The normalized spacial score (nSPS) is 18.1. The van der Waals surface area contributed by atoms with E-state index in [-0.39, 0.29) is 0 Å². The number of hydrogen-bond acceptors (Lipinski definition) is 6. The average molecular weight is 307 g/mol. The molecular formula is C15H21N3O2S. The Labute approximate surface area is 128 Å². The Bertz CT molecular complexity index is 662. The molecule has 3 rings (SSSR count). The Morgan fingerprint density at radius 1 is 1.24 bits per heavy atom. The lowest BCUT2D eigenvalue weighted by Gasteiger charge is -2.34. The van der Waals surface area contributed by atoms with Gasteiger partial charge in [-0.1, -0.05) is 0 Å². The number of hydrogen-bond donors (Lipinski definition) is 1. The van der Waals surface area contributed by atoms with Crippen molar-refractivity contribution in [1.29, 1.82) is 0 Å². The summed E-state index contributed by atoms with van der Waals surface area (Å²) in [4.78, 5) is 11.9. The van der Waals surface area contributed by atoms with Crippen LogP contribution in [0.5, 0.6) is 0 Å². The van der Waals surface area contributed by atoms with Crippen molar-refractivity contribution in [2.45, 2.75) is 32.3 Å².